The second-order valence-corrected chi connectivity index (χ2v) is 5.56. The van der Waals surface area contributed by atoms with Crippen molar-refractivity contribution in [3.63, 3.8) is 0 Å². The van der Waals surface area contributed by atoms with E-state index in [1.54, 1.807) is 0 Å². The second-order valence-electron chi connectivity index (χ2n) is 5.56. The Morgan fingerprint density at radius 1 is 1.15 bits per heavy atom. The Balaban J connectivity index is 1.63. The molecule has 0 N–H and O–H groups in total. The van der Waals surface area contributed by atoms with E-state index >= 15 is 0 Å². The van der Waals surface area contributed by atoms with Crippen molar-refractivity contribution in [1.82, 2.24) is 0 Å². The van der Waals surface area contributed by atoms with Gasteiger partial charge in [0, 0.05) is 0 Å². The topological polar surface area (TPSA) is 21.8 Å². The molecule has 1 heterocycles. The van der Waals surface area contributed by atoms with Crippen molar-refractivity contribution in [2.24, 2.45) is 0 Å². The third-order valence-corrected chi connectivity index (χ3v) is 3.67. The molecule has 111 valence electrons. The van der Waals surface area contributed by atoms with Gasteiger partial charge in [-0.2, -0.15) is 0 Å². The SMILES string of the molecule is CCCCCCCC[CH]c1ccccc1OCC1CO1. The van der Waals surface area contributed by atoms with Gasteiger partial charge < -0.3 is 9.47 Å². The van der Waals surface area contributed by atoms with Gasteiger partial charge >= 0.3 is 0 Å². The van der Waals surface area contributed by atoms with Crippen LogP contribution in [0.4, 0.5) is 0 Å². The summed E-state index contributed by atoms with van der Waals surface area (Å²) in [5.41, 5.74) is 1.22. The third-order valence-electron chi connectivity index (χ3n) is 3.67. The first kappa shape index (κ1) is 15.4. The van der Waals surface area contributed by atoms with E-state index in [1.165, 1.54) is 44.1 Å². The zero-order chi connectivity index (χ0) is 14.0. The van der Waals surface area contributed by atoms with Gasteiger partial charge in [0.05, 0.1) is 6.61 Å². The highest BCUT2D eigenvalue weighted by Crippen LogP contribution is 2.23. The summed E-state index contributed by atoms with van der Waals surface area (Å²) in [5.74, 6) is 0.994. The molecule has 2 heteroatoms. The molecular weight excluding hydrogens is 248 g/mol. The lowest BCUT2D eigenvalue weighted by atomic mass is 10.0. The smallest absolute Gasteiger partial charge is 0.122 e. The molecule has 1 aliphatic heterocycles. The van der Waals surface area contributed by atoms with Crippen LogP contribution in [-0.4, -0.2) is 19.3 Å². The number of hydrogen-bond donors (Lipinski definition) is 0. The minimum absolute atomic E-state index is 0.321. The molecule has 1 fully saturated rings. The highest BCUT2D eigenvalue weighted by Gasteiger charge is 2.23. The van der Waals surface area contributed by atoms with E-state index in [0.29, 0.717) is 12.7 Å². The van der Waals surface area contributed by atoms with E-state index < -0.39 is 0 Å². The molecule has 1 unspecified atom stereocenters. The lowest BCUT2D eigenvalue weighted by Gasteiger charge is -2.10. The van der Waals surface area contributed by atoms with Crippen LogP contribution in [0.3, 0.4) is 0 Å². The van der Waals surface area contributed by atoms with Crippen LogP contribution in [0.1, 0.15) is 57.4 Å². The quantitative estimate of drug-likeness (QED) is 0.429. The van der Waals surface area contributed by atoms with Crippen LogP contribution in [0.5, 0.6) is 5.75 Å². The highest BCUT2D eigenvalue weighted by atomic mass is 16.6. The first-order valence-corrected chi connectivity index (χ1v) is 8.07. The number of ether oxygens (including phenoxy) is 2. The molecule has 1 atom stereocenters. The van der Waals surface area contributed by atoms with Crippen molar-refractivity contribution >= 4 is 0 Å². The lowest BCUT2D eigenvalue weighted by molar-refractivity contribution is 0.262. The zero-order valence-corrected chi connectivity index (χ0v) is 12.6. The fourth-order valence-corrected chi connectivity index (χ4v) is 2.31. The van der Waals surface area contributed by atoms with Crippen LogP contribution in [0, 0.1) is 6.42 Å². The van der Waals surface area contributed by atoms with Crippen LogP contribution >= 0.6 is 0 Å². The molecular formula is C18H27O2. The van der Waals surface area contributed by atoms with Crippen molar-refractivity contribution < 1.29 is 9.47 Å². The summed E-state index contributed by atoms with van der Waals surface area (Å²) in [6, 6.07) is 8.30. The van der Waals surface area contributed by atoms with Crippen molar-refractivity contribution in [3.8, 4) is 5.75 Å². The average Bonchev–Trinajstić information content (AvgIpc) is 3.29. The molecule has 0 aromatic heterocycles. The van der Waals surface area contributed by atoms with E-state index in [4.69, 9.17) is 9.47 Å². The molecule has 1 aromatic rings. The summed E-state index contributed by atoms with van der Waals surface area (Å²) in [6.45, 7) is 3.79. The molecule has 0 aliphatic carbocycles. The summed E-state index contributed by atoms with van der Waals surface area (Å²) in [5, 5.41) is 0. The van der Waals surface area contributed by atoms with Gasteiger partial charge in [-0.3, -0.25) is 0 Å². The van der Waals surface area contributed by atoms with Gasteiger partial charge in [-0.1, -0.05) is 63.6 Å². The molecule has 0 amide bonds. The number of epoxide rings is 1. The summed E-state index contributed by atoms with van der Waals surface area (Å²) in [4.78, 5) is 0. The monoisotopic (exact) mass is 275 g/mol. The second kappa shape index (κ2) is 9.02. The number of hydrogen-bond acceptors (Lipinski definition) is 2. The first-order valence-electron chi connectivity index (χ1n) is 8.07. The fraction of sp³-hybridized carbons (Fsp3) is 0.611. The van der Waals surface area contributed by atoms with Crippen molar-refractivity contribution in [3.05, 3.63) is 36.2 Å². The number of para-hydroxylation sites is 1. The van der Waals surface area contributed by atoms with E-state index in [9.17, 15) is 0 Å². The van der Waals surface area contributed by atoms with Gasteiger partial charge in [0.15, 0.2) is 0 Å². The fourth-order valence-electron chi connectivity index (χ4n) is 2.31. The Bertz CT molecular complexity index is 371. The van der Waals surface area contributed by atoms with E-state index in [2.05, 4.69) is 31.5 Å². The summed E-state index contributed by atoms with van der Waals surface area (Å²) in [6.07, 6.45) is 11.9. The van der Waals surface area contributed by atoms with Crippen LogP contribution < -0.4 is 4.74 Å². The normalized spacial score (nSPS) is 17.1. The van der Waals surface area contributed by atoms with Crippen LogP contribution in [0.2, 0.25) is 0 Å². The van der Waals surface area contributed by atoms with Crippen molar-refractivity contribution in [2.75, 3.05) is 13.2 Å². The van der Waals surface area contributed by atoms with Crippen molar-refractivity contribution in [1.29, 1.82) is 0 Å². The molecule has 2 nitrogen and oxygen atoms in total. The Kier molecular flexibility index (Phi) is 6.93. The summed E-state index contributed by atoms with van der Waals surface area (Å²) < 4.78 is 11.0. The molecule has 1 aliphatic rings. The van der Waals surface area contributed by atoms with Crippen molar-refractivity contribution in [2.45, 2.75) is 58.0 Å². The van der Waals surface area contributed by atoms with Crippen LogP contribution in [0.25, 0.3) is 0 Å². The number of unbranched alkanes of at least 4 members (excludes halogenated alkanes) is 6. The van der Waals surface area contributed by atoms with E-state index in [1.807, 2.05) is 6.07 Å². The van der Waals surface area contributed by atoms with Gasteiger partial charge in [-0.05, 0) is 24.5 Å². The Hall–Kier alpha value is -1.02. The van der Waals surface area contributed by atoms with Crippen LogP contribution in [0.15, 0.2) is 24.3 Å². The first-order chi connectivity index (χ1) is 9.90. The zero-order valence-electron chi connectivity index (χ0n) is 12.6. The van der Waals surface area contributed by atoms with Gasteiger partial charge in [0.25, 0.3) is 0 Å². The third kappa shape index (κ3) is 5.96. The predicted octanol–water partition coefficient (Wildman–Crippen LogP) is 4.77. The average molecular weight is 275 g/mol. The number of benzene rings is 1. The molecule has 2 rings (SSSR count). The predicted molar refractivity (Wildman–Crippen MR) is 83.1 cm³/mol. The molecule has 20 heavy (non-hydrogen) atoms. The van der Waals surface area contributed by atoms with E-state index in [0.717, 1.165) is 18.8 Å². The van der Waals surface area contributed by atoms with E-state index in [-0.39, 0.29) is 0 Å². The molecule has 1 saturated heterocycles. The minimum Gasteiger partial charge on any atom is -0.490 e. The summed E-state index contributed by atoms with van der Waals surface area (Å²) in [7, 11) is 0. The van der Waals surface area contributed by atoms with Gasteiger partial charge in [0.2, 0.25) is 0 Å². The summed E-state index contributed by atoms with van der Waals surface area (Å²) >= 11 is 0. The molecule has 1 radical (unpaired) electrons. The molecule has 0 bridgehead atoms. The van der Waals surface area contributed by atoms with Gasteiger partial charge in [-0.15, -0.1) is 0 Å². The molecule has 1 aromatic carbocycles. The lowest BCUT2D eigenvalue weighted by Crippen LogP contribution is -2.05. The maximum Gasteiger partial charge on any atom is 0.122 e. The Morgan fingerprint density at radius 3 is 2.70 bits per heavy atom. The standard InChI is InChI=1S/C18H27O2/c1-2-3-4-5-6-7-8-11-16-12-9-10-13-18(16)20-15-17-14-19-17/h9-13,17H,2-8,14-15H2,1H3. The highest BCUT2D eigenvalue weighted by molar-refractivity contribution is 5.38. The number of rotatable bonds is 11. The van der Waals surface area contributed by atoms with Crippen LogP contribution in [-0.2, 0) is 4.74 Å². The maximum absolute atomic E-state index is 5.81. The largest absolute Gasteiger partial charge is 0.490 e. The minimum atomic E-state index is 0.321. The Labute approximate surface area is 123 Å². The molecule has 0 spiro atoms. The van der Waals surface area contributed by atoms with Gasteiger partial charge in [-0.25, -0.2) is 0 Å². The molecule has 0 saturated carbocycles. The van der Waals surface area contributed by atoms with Gasteiger partial charge in [0.1, 0.15) is 18.5 Å². The maximum atomic E-state index is 5.81. The Morgan fingerprint density at radius 2 is 1.90 bits per heavy atom.